The standard InChI is InChI=1S/C24H27NO4/c1-17-3-4-20(8-7-19-5-6-19)12-21(17)14-25-18(2)11-22(13-24(25)26)29-16-23-15-27-9-10-28-23/h3-4,11-13,19,23H,5-6,9-10,14-16H2,1-2H3. The van der Waals surface area contributed by atoms with Crippen LogP contribution in [0.2, 0.25) is 0 Å². The maximum atomic E-state index is 12.7. The van der Waals surface area contributed by atoms with E-state index in [-0.39, 0.29) is 11.7 Å². The van der Waals surface area contributed by atoms with Crippen molar-refractivity contribution in [2.75, 3.05) is 26.4 Å². The van der Waals surface area contributed by atoms with Crippen molar-refractivity contribution in [2.45, 2.75) is 39.3 Å². The van der Waals surface area contributed by atoms with Gasteiger partial charge >= 0.3 is 0 Å². The van der Waals surface area contributed by atoms with Crippen molar-refractivity contribution in [3.8, 4) is 17.6 Å². The Kier molecular flexibility index (Phi) is 6.03. The highest BCUT2D eigenvalue weighted by Gasteiger charge is 2.18. The van der Waals surface area contributed by atoms with Crippen LogP contribution in [0, 0.1) is 31.6 Å². The van der Waals surface area contributed by atoms with Crippen LogP contribution in [0.1, 0.15) is 35.2 Å². The molecule has 1 unspecified atom stereocenters. The lowest BCUT2D eigenvalue weighted by Crippen LogP contribution is -2.33. The highest BCUT2D eigenvalue weighted by molar-refractivity contribution is 5.41. The summed E-state index contributed by atoms with van der Waals surface area (Å²) in [5, 5.41) is 0. The number of rotatable bonds is 5. The lowest BCUT2D eigenvalue weighted by Gasteiger charge is -2.23. The fraction of sp³-hybridized carbons (Fsp3) is 0.458. The molecule has 4 rings (SSSR count). The molecule has 0 spiro atoms. The zero-order valence-electron chi connectivity index (χ0n) is 17.1. The number of nitrogens with zero attached hydrogens (tertiary/aromatic N) is 1. The minimum atomic E-state index is -0.0892. The van der Waals surface area contributed by atoms with E-state index in [0.29, 0.717) is 44.6 Å². The van der Waals surface area contributed by atoms with Crippen molar-refractivity contribution >= 4 is 0 Å². The monoisotopic (exact) mass is 393 g/mol. The fourth-order valence-corrected chi connectivity index (χ4v) is 3.31. The molecule has 1 atom stereocenters. The molecule has 29 heavy (non-hydrogen) atoms. The summed E-state index contributed by atoms with van der Waals surface area (Å²) >= 11 is 0. The number of ether oxygens (including phenoxy) is 3. The third-order valence-electron chi connectivity index (χ3n) is 5.31. The van der Waals surface area contributed by atoms with Gasteiger partial charge in [-0.15, -0.1) is 0 Å². The van der Waals surface area contributed by atoms with Gasteiger partial charge in [0.2, 0.25) is 0 Å². The molecule has 0 bridgehead atoms. The van der Waals surface area contributed by atoms with Gasteiger partial charge in [0.25, 0.3) is 5.56 Å². The fourth-order valence-electron chi connectivity index (χ4n) is 3.31. The van der Waals surface area contributed by atoms with Crippen LogP contribution in [0.15, 0.2) is 35.1 Å². The van der Waals surface area contributed by atoms with E-state index in [2.05, 4.69) is 37.0 Å². The third-order valence-corrected chi connectivity index (χ3v) is 5.31. The number of hydrogen-bond donors (Lipinski definition) is 0. The molecule has 1 saturated heterocycles. The largest absolute Gasteiger partial charge is 0.491 e. The first-order chi connectivity index (χ1) is 14.1. The predicted molar refractivity (Wildman–Crippen MR) is 111 cm³/mol. The van der Waals surface area contributed by atoms with E-state index >= 15 is 0 Å². The summed E-state index contributed by atoms with van der Waals surface area (Å²) < 4.78 is 18.5. The molecule has 2 heterocycles. The molecule has 0 radical (unpaired) electrons. The van der Waals surface area contributed by atoms with Gasteiger partial charge in [-0.1, -0.05) is 17.9 Å². The van der Waals surface area contributed by atoms with Crippen molar-refractivity contribution in [1.82, 2.24) is 4.57 Å². The minimum absolute atomic E-state index is 0.0744. The van der Waals surface area contributed by atoms with Gasteiger partial charge in [0.15, 0.2) is 0 Å². The van der Waals surface area contributed by atoms with Gasteiger partial charge < -0.3 is 18.8 Å². The molecule has 1 aromatic carbocycles. The molecule has 1 aliphatic carbocycles. The molecule has 1 saturated carbocycles. The predicted octanol–water partition coefficient (Wildman–Crippen LogP) is 3.07. The average molecular weight is 393 g/mol. The van der Waals surface area contributed by atoms with E-state index in [1.807, 2.05) is 13.0 Å². The number of pyridine rings is 1. The normalized spacial score (nSPS) is 18.8. The van der Waals surface area contributed by atoms with E-state index in [0.717, 1.165) is 22.4 Å². The highest BCUT2D eigenvalue weighted by atomic mass is 16.6. The second kappa shape index (κ2) is 8.86. The molecule has 5 nitrogen and oxygen atoms in total. The summed E-state index contributed by atoms with van der Waals surface area (Å²) in [7, 11) is 0. The smallest absolute Gasteiger partial charge is 0.254 e. The van der Waals surface area contributed by atoms with E-state index < -0.39 is 0 Å². The van der Waals surface area contributed by atoms with Crippen LogP contribution in [-0.2, 0) is 16.0 Å². The van der Waals surface area contributed by atoms with Crippen molar-refractivity contribution < 1.29 is 14.2 Å². The zero-order chi connectivity index (χ0) is 20.2. The first kappa shape index (κ1) is 19.8. The Bertz CT molecular complexity index is 988. The lowest BCUT2D eigenvalue weighted by atomic mass is 10.0. The van der Waals surface area contributed by atoms with Crippen molar-refractivity contribution in [3.63, 3.8) is 0 Å². The Hall–Kier alpha value is -2.55. The number of hydrogen-bond acceptors (Lipinski definition) is 4. The van der Waals surface area contributed by atoms with E-state index in [4.69, 9.17) is 14.2 Å². The van der Waals surface area contributed by atoms with Crippen LogP contribution in [0.5, 0.6) is 5.75 Å². The van der Waals surface area contributed by atoms with Crippen molar-refractivity contribution in [3.05, 3.63) is 63.1 Å². The minimum Gasteiger partial charge on any atom is -0.491 e. The molecule has 0 N–H and O–H groups in total. The Balaban J connectivity index is 1.48. The number of benzene rings is 1. The molecular weight excluding hydrogens is 366 g/mol. The van der Waals surface area contributed by atoms with Crippen LogP contribution in [-0.4, -0.2) is 37.1 Å². The first-order valence-corrected chi connectivity index (χ1v) is 10.2. The van der Waals surface area contributed by atoms with Gasteiger partial charge in [-0.3, -0.25) is 4.79 Å². The van der Waals surface area contributed by atoms with Crippen LogP contribution in [0.3, 0.4) is 0 Å². The van der Waals surface area contributed by atoms with Crippen LogP contribution in [0.25, 0.3) is 0 Å². The molecule has 1 aliphatic heterocycles. The zero-order valence-corrected chi connectivity index (χ0v) is 17.1. The summed E-state index contributed by atoms with van der Waals surface area (Å²) in [6, 6.07) is 9.68. The van der Waals surface area contributed by atoms with Gasteiger partial charge in [0, 0.05) is 23.2 Å². The van der Waals surface area contributed by atoms with Crippen LogP contribution < -0.4 is 10.3 Å². The molecule has 0 amide bonds. The Morgan fingerprint density at radius 2 is 2.03 bits per heavy atom. The second-order valence-corrected chi connectivity index (χ2v) is 7.82. The average Bonchev–Trinajstić information content (AvgIpc) is 3.55. The van der Waals surface area contributed by atoms with Gasteiger partial charge in [0.05, 0.1) is 26.4 Å². The molecule has 2 fully saturated rings. The third kappa shape index (κ3) is 5.29. The maximum absolute atomic E-state index is 12.7. The summed E-state index contributed by atoms with van der Waals surface area (Å²) in [6.45, 7) is 6.63. The number of aromatic nitrogens is 1. The first-order valence-electron chi connectivity index (χ1n) is 10.2. The second-order valence-electron chi connectivity index (χ2n) is 7.82. The van der Waals surface area contributed by atoms with Crippen LogP contribution >= 0.6 is 0 Å². The summed E-state index contributed by atoms with van der Waals surface area (Å²) in [6.07, 6.45) is 2.34. The molecule has 2 aromatic rings. The summed E-state index contributed by atoms with van der Waals surface area (Å²) in [5.74, 6) is 7.71. The lowest BCUT2D eigenvalue weighted by molar-refractivity contribution is -0.101. The van der Waals surface area contributed by atoms with E-state index in [9.17, 15) is 4.79 Å². The van der Waals surface area contributed by atoms with Crippen molar-refractivity contribution in [1.29, 1.82) is 0 Å². The van der Waals surface area contributed by atoms with Crippen LogP contribution in [0.4, 0.5) is 0 Å². The molecular formula is C24H27NO4. The Labute approximate surface area is 171 Å². The van der Waals surface area contributed by atoms with Gasteiger partial charge in [0.1, 0.15) is 18.5 Å². The molecule has 5 heteroatoms. The molecule has 1 aromatic heterocycles. The highest BCUT2D eigenvalue weighted by Crippen LogP contribution is 2.27. The summed E-state index contributed by atoms with van der Waals surface area (Å²) in [4.78, 5) is 12.7. The summed E-state index contributed by atoms with van der Waals surface area (Å²) in [5.41, 5.74) is 4.07. The van der Waals surface area contributed by atoms with Gasteiger partial charge in [-0.2, -0.15) is 0 Å². The van der Waals surface area contributed by atoms with E-state index in [1.165, 1.54) is 12.8 Å². The quantitative estimate of drug-likeness (QED) is 0.733. The van der Waals surface area contributed by atoms with Gasteiger partial charge in [-0.25, -0.2) is 0 Å². The topological polar surface area (TPSA) is 49.7 Å². The molecule has 152 valence electrons. The van der Waals surface area contributed by atoms with E-state index in [1.54, 1.807) is 10.6 Å². The Morgan fingerprint density at radius 1 is 1.17 bits per heavy atom. The van der Waals surface area contributed by atoms with Gasteiger partial charge in [-0.05, 0) is 56.0 Å². The number of aryl methyl sites for hydroxylation is 2. The maximum Gasteiger partial charge on any atom is 0.254 e. The van der Waals surface area contributed by atoms with Crippen molar-refractivity contribution in [2.24, 2.45) is 5.92 Å². The molecule has 2 aliphatic rings. The Morgan fingerprint density at radius 3 is 2.76 bits per heavy atom. The SMILES string of the molecule is Cc1ccc(C#CC2CC2)cc1Cn1c(C)cc(OCC2COCCO2)cc1=O.